The molecular formula is C16H20N6OS. The molecule has 7 nitrogen and oxygen atoms in total. The largest absolute Gasteiger partial charge is 0.341 e. The zero-order valence-corrected chi connectivity index (χ0v) is 14.6. The molecule has 8 heteroatoms. The first-order valence-electron chi connectivity index (χ1n) is 8.27. The van der Waals surface area contributed by atoms with Crippen LogP contribution in [0, 0.1) is 6.92 Å². The molecule has 0 aromatic carbocycles. The Bertz CT molecular complexity index is 872. The third-order valence-corrected chi connectivity index (χ3v) is 5.46. The summed E-state index contributed by atoms with van der Waals surface area (Å²) < 4.78 is 3.96. The standard InChI is InChI=1S/C16H20N6OS/c1-10-7-21-13(8-24-16(21)18-10)15(23)19-11(2)14-20-17-9-22(14)12-5-3-4-6-12/h7-9,11-12H,3-6H2,1-2H3,(H,19,23)/t11-/m1/s1. The van der Waals surface area contributed by atoms with Crippen molar-refractivity contribution in [1.82, 2.24) is 29.5 Å². The van der Waals surface area contributed by atoms with E-state index in [1.54, 1.807) is 6.33 Å². The molecule has 1 aliphatic carbocycles. The van der Waals surface area contributed by atoms with Crippen LogP contribution >= 0.6 is 11.3 Å². The normalized spacial score (nSPS) is 16.8. The summed E-state index contributed by atoms with van der Waals surface area (Å²) >= 11 is 1.47. The number of nitrogens with one attached hydrogen (secondary N) is 1. The van der Waals surface area contributed by atoms with Gasteiger partial charge in [-0.15, -0.1) is 21.5 Å². The van der Waals surface area contributed by atoms with Gasteiger partial charge >= 0.3 is 0 Å². The highest BCUT2D eigenvalue weighted by atomic mass is 32.1. The van der Waals surface area contributed by atoms with Gasteiger partial charge in [-0.05, 0) is 26.7 Å². The van der Waals surface area contributed by atoms with Gasteiger partial charge in [-0.25, -0.2) is 4.98 Å². The fourth-order valence-corrected chi connectivity index (χ4v) is 4.32. The number of imidazole rings is 1. The second kappa shape index (κ2) is 6.01. The minimum Gasteiger partial charge on any atom is -0.341 e. The monoisotopic (exact) mass is 344 g/mol. The van der Waals surface area contributed by atoms with Gasteiger partial charge in [0.1, 0.15) is 12.0 Å². The minimum absolute atomic E-state index is 0.118. The number of carbonyl (C=O) groups excluding carboxylic acids is 1. The van der Waals surface area contributed by atoms with E-state index in [1.807, 2.05) is 29.8 Å². The Balaban J connectivity index is 1.54. The maximum atomic E-state index is 12.7. The SMILES string of the molecule is Cc1cn2c(C(=O)N[C@H](C)c3nncn3C3CCCC3)csc2n1. The second-order valence-electron chi connectivity index (χ2n) is 6.39. The molecule has 1 amide bonds. The number of aromatic nitrogens is 5. The van der Waals surface area contributed by atoms with Gasteiger partial charge in [-0.1, -0.05) is 12.8 Å². The summed E-state index contributed by atoms with van der Waals surface area (Å²) in [7, 11) is 0. The molecular weight excluding hydrogens is 324 g/mol. The number of hydrogen-bond acceptors (Lipinski definition) is 5. The van der Waals surface area contributed by atoms with Crippen molar-refractivity contribution < 1.29 is 4.79 Å². The van der Waals surface area contributed by atoms with E-state index in [0.29, 0.717) is 11.7 Å². The van der Waals surface area contributed by atoms with Crippen LogP contribution in [0.25, 0.3) is 4.96 Å². The molecule has 0 bridgehead atoms. The van der Waals surface area contributed by atoms with Crippen molar-refractivity contribution in [2.75, 3.05) is 0 Å². The van der Waals surface area contributed by atoms with Gasteiger partial charge < -0.3 is 9.88 Å². The molecule has 3 heterocycles. The predicted octanol–water partition coefficient (Wildman–Crippen LogP) is 2.90. The molecule has 1 aliphatic rings. The van der Waals surface area contributed by atoms with Crippen molar-refractivity contribution in [3.8, 4) is 0 Å². The number of nitrogens with zero attached hydrogens (tertiary/aromatic N) is 5. The van der Waals surface area contributed by atoms with Gasteiger partial charge in [0, 0.05) is 17.6 Å². The van der Waals surface area contributed by atoms with Gasteiger partial charge in [-0.2, -0.15) is 0 Å². The third-order valence-electron chi connectivity index (χ3n) is 4.62. The molecule has 1 saturated carbocycles. The van der Waals surface area contributed by atoms with E-state index in [1.165, 1.54) is 24.2 Å². The Hall–Kier alpha value is -2.22. The first kappa shape index (κ1) is 15.3. The lowest BCUT2D eigenvalue weighted by Gasteiger charge is -2.18. The number of thiazole rings is 1. The van der Waals surface area contributed by atoms with Crippen molar-refractivity contribution in [2.45, 2.75) is 51.6 Å². The molecule has 0 spiro atoms. The Morgan fingerprint density at radius 2 is 2.21 bits per heavy atom. The molecule has 24 heavy (non-hydrogen) atoms. The number of carbonyl (C=O) groups is 1. The maximum Gasteiger partial charge on any atom is 0.269 e. The highest BCUT2D eigenvalue weighted by Crippen LogP contribution is 2.31. The van der Waals surface area contributed by atoms with E-state index in [9.17, 15) is 4.79 Å². The number of rotatable bonds is 4. The Morgan fingerprint density at radius 3 is 3.00 bits per heavy atom. The topological polar surface area (TPSA) is 77.1 Å². The van der Waals surface area contributed by atoms with Crippen LogP contribution in [-0.4, -0.2) is 30.1 Å². The van der Waals surface area contributed by atoms with E-state index in [2.05, 4.69) is 25.1 Å². The Kier molecular flexibility index (Phi) is 3.84. The molecule has 3 aromatic heterocycles. The maximum absolute atomic E-state index is 12.7. The van der Waals surface area contributed by atoms with Crippen molar-refractivity contribution in [2.24, 2.45) is 0 Å². The number of aryl methyl sites for hydroxylation is 1. The lowest BCUT2D eigenvalue weighted by Crippen LogP contribution is -2.30. The molecule has 0 saturated heterocycles. The Morgan fingerprint density at radius 1 is 1.42 bits per heavy atom. The van der Waals surface area contributed by atoms with E-state index in [0.717, 1.165) is 29.3 Å². The quantitative estimate of drug-likeness (QED) is 0.789. The first-order chi connectivity index (χ1) is 11.6. The number of amides is 1. The lowest BCUT2D eigenvalue weighted by atomic mass is 10.2. The van der Waals surface area contributed by atoms with Gasteiger partial charge in [-0.3, -0.25) is 9.20 Å². The molecule has 0 radical (unpaired) electrons. The number of fused-ring (bicyclic) bond motifs is 1. The van der Waals surface area contributed by atoms with Crippen LogP contribution in [-0.2, 0) is 0 Å². The molecule has 0 aliphatic heterocycles. The molecule has 1 fully saturated rings. The predicted molar refractivity (Wildman–Crippen MR) is 91.2 cm³/mol. The van der Waals surface area contributed by atoms with Crippen LogP contribution in [0.2, 0.25) is 0 Å². The van der Waals surface area contributed by atoms with Crippen LogP contribution in [0.5, 0.6) is 0 Å². The minimum atomic E-state index is -0.194. The summed E-state index contributed by atoms with van der Waals surface area (Å²) in [5, 5.41) is 13.2. The fourth-order valence-electron chi connectivity index (χ4n) is 3.42. The van der Waals surface area contributed by atoms with Crippen molar-refractivity contribution in [3.05, 3.63) is 35.1 Å². The van der Waals surface area contributed by atoms with E-state index in [4.69, 9.17) is 0 Å². The van der Waals surface area contributed by atoms with Crippen molar-refractivity contribution in [3.63, 3.8) is 0 Å². The molecule has 4 rings (SSSR count). The third kappa shape index (κ3) is 2.60. The van der Waals surface area contributed by atoms with Crippen LogP contribution in [0.15, 0.2) is 17.9 Å². The highest BCUT2D eigenvalue weighted by Gasteiger charge is 2.24. The zero-order chi connectivity index (χ0) is 16.7. The van der Waals surface area contributed by atoms with Gasteiger partial charge in [0.2, 0.25) is 0 Å². The zero-order valence-electron chi connectivity index (χ0n) is 13.8. The van der Waals surface area contributed by atoms with E-state index < -0.39 is 0 Å². The average molecular weight is 344 g/mol. The van der Waals surface area contributed by atoms with Crippen molar-refractivity contribution in [1.29, 1.82) is 0 Å². The molecule has 0 unspecified atom stereocenters. The van der Waals surface area contributed by atoms with Crippen LogP contribution in [0.3, 0.4) is 0 Å². The summed E-state index contributed by atoms with van der Waals surface area (Å²) in [5.41, 5.74) is 1.51. The van der Waals surface area contributed by atoms with E-state index >= 15 is 0 Å². The summed E-state index contributed by atoms with van der Waals surface area (Å²) in [5.74, 6) is 0.704. The van der Waals surface area contributed by atoms with Crippen LogP contribution in [0.1, 0.15) is 66.7 Å². The summed E-state index contributed by atoms with van der Waals surface area (Å²) in [6.07, 6.45) is 8.48. The lowest BCUT2D eigenvalue weighted by molar-refractivity contribution is 0.0931. The van der Waals surface area contributed by atoms with Crippen LogP contribution in [0.4, 0.5) is 0 Å². The summed E-state index contributed by atoms with van der Waals surface area (Å²) in [6.45, 7) is 3.88. The summed E-state index contributed by atoms with van der Waals surface area (Å²) in [6, 6.07) is 0.263. The fraction of sp³-hybridized carbons (Fsp3) is 0.500. The highest BCUT2D eigenvalue weighted by molar-refractivity contribution is 7.15. The van der Waals surface area contributed by atoms with Crippen LogP contribution < -0.4 is 5.32 Å². The first-order valence-corrected chi connectivity index (χ1v) is 9.15. The molecule has 1 atom stereocenters. The average Bonchev–Trinajstić information content (AvgIpc) is 3.30. The second-order valence-corrected chi connectivity index (χ2v) is 7.22. The molecule has 3 aromatic rings. The molecule has 1 N–H and O–H groups in total. The Labute approximate surface area is 143 Å². The van der Waals surface area contributed by atoms with Crippen molar-refractivity contribution >= 4 is 22.2 Å². The number of hydrogen-bond donors (Lipinski definition) is 1. The van der Waals surface area contributed by atoms with E-state index in [-0.39, 0.29) is 11.9 Å². The molecule has 126 valence electrons. The summed E-state index contributed by atoms with van der Waals surface area (Å²) in [4.78, 5) is 17.9. The van der Waals surface area contributed by atoms with Gasteiger partial charge in [0.25, 0.3) is 5.91 Å². The van der Waals surface area contributed by atoms with Gasteiger partial charge in [0.15, 0.2) is 10.8 Å². The smallest absolute Gasteiger partial charge is 0.269 e. The van der Waals surface area contributed by atoms with Gasteiger partial charge in [0.05, 0.1) is 11.7 Å².